The lowest BCUT2D eigenvalue weighted by Crippen LogP contribution is -2.22. The first-order valence-corrected chi connectivity index (χ1v) is 15.4. The molecule has 0 fully saturated rings. The van der Waals surface area contributed by atoms with Crippen molar-refractivity contribution in [2.24, 2.45) is 0 Å². The molecule has 0 unspecified atom stereocenters. The summed E-state index contributed by atoms with van der Waals surface area (Å²) in [5.74, 6) is -4.02. The van der Waals surface area contributed by atoms with E-state index in [1.165, 1.54) is 31.5 Å². The molecule has 0 aliphatic carbocycles. The maximum Gasteiger partial charge on any atom is 0.275 e. The molecule has 0 bridgehead atoms. The van der Waals surface area contributed by atoms with Crippen LogP contribution in [-0.2, 0) is 11.5 Å². The van der Waals surface area contributed by atoms with Gasteiger partial charge in [0.15, 0.2) is 29.0 Å². The normalized spacial score (nSPS) is 11.7. The molecule has 8 nitrogen and oxygen atoms in total. The van der Waals surface area contributed by atoms with Crippen LogP contribution in [0.2, 0.25) is 25.7 Å². The molecule has 38 heavy (non-hydrogen) atoms. The summed E-state index contributed by atoms with van der Waals surface area (Å²) in [7, 11) is 0.00606. The lowest BCUT2D eigenvalue weighted by molar-refractivity contribution is -0.385. The summed E-state index contributed by atoms with van der Waals surface area (Å²) < 4.78 is 62.9. The number of hydrogen-bond acceptors (Lipinski definition) is 6. The number of rotatable bonds is 10. The smallest absolute Gasteiger partial charge is 0.275 e. The van der Waals surface area contributed by atoms with Gasteiger partial charge in [-0.05, 0) is 18.2 Å². The van der Waals surface area contributed by atoms with Gasteiger partial charge in [-0.1, -0.05) is 31.8 Å². The van der Waals surface area contributed by atoms with Crippen molar-refractivity contribution >= 4 is 24.8 Å². The predicted molar refractivity (Wildman–Crippen MR) is 139 cm³/mol. The Hall–Kier alpha value is -3.90. The van der Waals surface area contributed by atoms with E-state index >= 15 is 4.39 Å². The molecule has 0 radical (unpaired) electrons. The highest BCUT2D eigenvalue weighted by Crippen LogP contribution is 2.41. The van der Waals surface area contributed by atoms with Crippen molar-refractivity contribution in [2.75, 3.05) is 13.7 Å². The predicted octanol–water partition coefficient (Wildman–Crippen LogP) is 7.14. The van der Waals surface area contributed by atoms with E-state index in [-0.39, 0.29) is 29.2 Å². The number of nitro benzene ring substituents is 1. The summed E-state index contributed by atoms with van der Waals surface area (Å²) in [6, 6.07) is 8.05. The Labute approximate surface area is 217 Å². The highest BCUT2D eigenvalue weighted by atomic mass is 28.3. The Bertz CT molecular complexity index is 1480. The minimum absolute atomic E-state index is 0.00797. The zero-order valence-electron chi connectivity index (χ0n) is 21.3. The van der Waals surface area contributed by atoms with Crippen LogP contribution < -0.4 is 9.47 Å². The molecule has 0 saturated heterocycles. The molecule has 4 rings (SSSR count). The quantitative estimate of drug-likeness (QED) is 0.0911. The van der Waals surface area contributed by atoms with E-state index in [0.717, 1.165) is 6.04 Å². The molecular formula is C26H26F3N3O5Si. The van der Waals surface area contributed by atoms with Gasteiger partial charge in [0.1, 0.15) is 18.1 Å². The maximum absolute atomic E-state index is 15.3. The monoisotopic (exact) mass is 545 g/mol. The van der Waals surface area contributed by atoms with Gasteiger partial charge in [-0.3, -0.25) is 10.1 Å². The number of benzene rings is 2. The Kier molecular flexibility index (Phi) is 7.74. The highest BCUT2D eigenvalue weighted by Gasteiger charge is 2.24. The van der Waals surface area contributed by atoms with E-state index in [0.29, 0.717) is 30.0 Å². The van der Waals surface area contributed by atoms with Gasteiger partial charge in [0.25, 0.3) is 5.69 Å². The number of fused-ring (bicyclic) bond motifs is 1. The van der Waals surface area contributed by atoms with Crippen LogP contribution in [0.15, 0.2) is 48.8 Å². The molecule has 4 aromatic rings. The molecule has 12 heteroatoms. The summed E-state index contributed by atoms with van der Waals surface area (Å²) in [6.45, 7) is 7.31. The molecule has 0 aliphatic rings. The number of nitrogens with zero attached hydrogens (tertiary/aromatic N) is 3. The zero-order valence-corrected chi connectivity index (χ0v) is 22.3. The van der Waals surface area contributed by atoms with Crippen LogP contribution in [0.5, 0.6) is 17.2 Å². The van der Waals surface area contributed by atoms with Gasteiger partial charge >= 0.3 is 0 Å². The van der Waals surface area contributed by atoms with Crippen LogP contribution in [0.4, 0.5) is 18.9 Å². The van der Waals surface area contributed by atoms with Gasteiger partial charge in [-0.15, -0.1) is 0 Å². The van der Waals surface area contributed by atoms with Gasteiger partial charge in [0.2, 0.25) is 0 Å². The zero-order chi connectivity index (χ0) is 27.6. The molecule has 0 N–H and O–H groups in total. The van der Waals surface area contributed by atoms with E-state index in [4.69, 9.17) is 14.2 Å². The molecule has 200 valence electrons. The molecule has 0 saturated carbocycles. The van der Waals surface area contributed by atoms with Crippen LogP contribution in [0.3, 0.4) is 0 Å². The van der Waals surface area contributed by atoms with Gasteiger partial charge < -0.3 is 18.8 Å². The van der Waals surface area contributed by atoms with Gasteiger partial charge in [0.05, 0.1) is 29.6 Å². The highest BCUT2D eigenvalue weighted by molar-refractivity contribution is 6.76. The van der Waals surface area contributed by atoms with Crippen LogP contribution >= 0.6 is 0 Å². The SMILES string of the molecule is COc1cccc(-c2cn(COCC[Si](C)(C)C)c3nccc(Oc4c(F)cc([N+](=O)[O-])cc4F)c23)c1F. The van der Waals surface area contributed by atoms with Crippen molar-refractivity contribution in [1.29, 1.82) is 0 Å². The summed E-state index contributed by atoms with van der Waals surface area (Å²) in [4.78, 5) is 14.4. The number of nitro groups is 1. The van der Waals surface area contributed by atoms with E-state index in [9.17, 15) is 18.9 Å². The third-order valence-electron chi connectivity index (χ3n) is 5.83. The Balaban J connectivity index is 1.84. The lowest BCUT2D eigenvalue weighted by Gasteiger charge is -2.15. The van der Waals surface area contributed by atoms with Crippen LogP contribution in [0.25, 0.3) is 22.2 Å². The number of aromatic nitrogens is 2. The van der Waals surface area contributed by atoms with Crippen LogP contribution in [0.1, 0.15) is 0 Å². The summed E-state index contributed by atoms with van der Waals surface area (Å²) in [5.41, 5.74) is 0.0529. The van der Waals surface area contributed by atoms with E-state index in [1.807, 2.05) is 0 Å². The van der Waals surface area contributed by atoms with Crippen molar-refractivity contribution in [3.05, 3.63) is 76.4 Å². The Morgan fingerprint density at radius 2 is 1.76 bits per heavy atom. The molecule has 0 amide bonds. The van der Waals surface area contributed by atoms with Crippen molar-refractivity contribution in [2.45, 2.75) is 32.4 Å². The van der Waals surface area contributed by atoms with Gasteiger partial charge in [-0.25, -0.2) is 18.2 Å². The second-order valence-electron chi connectivity index (χ2n) is 9.79. The van der Waals surface area contributed by atoms with Crippen LogP contribution in [-0.4, -0.2) is 36.3 Å². The fourth-order valence-corrected chi connectivity index (χ4v) is 4.61. The van der Waals surface area contributed by atoms with Crippen molar-refractivity contribution in [3.63, 3.8) is 0 Å². The largest absolute Gasteiger partial charge is 0.494 e. The summed E-state index contributed by atoms with van der Waals surface area (Å²) in [6.07, 6.45) is 3.00. The average Bonchev–Trinajstić information content (AvgIpc) is 3.22. The minimum atomic E-state index is -1.34. The maximum atomic E-state index is 15.3. The number of halogens is 3. The standard InChI is InChI=1S/C26H26F3N3O5Si/c1-35-22-7-5-6-17(24(22)29)18-14-31(15-36-10-11-38(2,3)4)26-23(18)21(8-9-30-26)37-25-19(27)12-16(32(33)34)13-20(25)28/h5-9,12-14H,10-11,15H2,1-4H3. The second kappa shape index (κ2) is 10.8. The van der Waals surface area contributed by atoms with E-state index in [2.05, 4.69) is 24.6 Å². The third-order valence-corrected chi connectivity index (χ3v) is 7.53. The van der Waals surface area contributed by atoms with Gasteiger partial charge in [-0.2, -0.15) is 0 Å². The molecule has 2 heterocycles. The first-order valence-electron chi connectivity index (χ1n) is 11.7. The van der Waals surface area contributed by atoms with Gasteiger partial charge in [0, 0.05) is 38.2 Å². The molecule has 0 atom stereocenters. The van der Waals surface area contributed by atoms with Crippen molar-refractivity contribution < 1.29 is 32.3 Å². The van der Waals surface area contributed by atoms with Crippen LogP contribution in [0, 0.1) is 27.6 Å². The van der Waals surface area contributed by atoms with E-state index < -0.39 is 41.9 Å². The Morgan fingerprint density at radius 3 is 2.39 bits per heavy atom. The molecule has 0 aliphatic heterocycles. The van der Waals surface area contributed by atoms with E-state index in [1.54, 1.807) is 16.8 Å². The minimum Gasteiger partial charge on any atom is -0.494 e. The molecular weight excluding hydrogens is 519 g/mol. The fraction of sp³-hybridized carbons (Fsp3) is 0.269. The number of ether oxygens (including phenoxy) is 3. The molecule has 2 aromatic carbocycles. The molecule has 2 aromatic heterocycles. The number of non-ortho nitro benzene ring substituents is 1. The van der Waals surface area contributed by atoms with Crippen molar-refractivity contribution in [1.82, 2.24) is 9.55 Å². The number of hydrogen-bond donors (Lipinski definition) is 0. The summed E-state index contributed by atoms with van der Waals surface area (Å²) in [5, 5.41) is 11.2. The number of pyridine rings is 1. The third kappa shape index (κ3) is 5.65. The topological polar surface area (TPSA) is 88.7 Å². The second-order valence-corrected chi connectivity index (χ2v) is 15.4. The first-order chi connectivity index (χ1) is 18.0. The van der Waals surface area contributed by atoms with Crippen molar-refractivity contribution in [3.8, 4) is 28.4 Å². The fourth-order valence-electron chi connectivity index (χ4n) is 3.85. The summed E-state index contributed by atoms with van der Waals surface area (Å²) >= 11 is 0. The first kappa shape index (κ1) is 27.1. The average molecular weight is 546 g/mol. The Morgan fingerprint density at radius 1 is 1.05 bits per heavy atom. The number of methoxy groups -OCH3 is 1. The molecule has 0 spiro atoms. The lowest BCUT2D eigenvalue weighted by atomic mass is 10.0.